The standard InChI is InChI=1S/9C12H18N2O2/c9*1-4-11-9(7-16-12(11)15)5-10-6-13-8(2)14(10)3/h9*6,9,11H,4-5,7H2,1-3H3/t9*9-,11-/m000000000/s1/i3D3,4D2,5D2,6D,9D,11D;3D3,4D2,5D2,6D,7D2,11D;4D2,5D2,6D,7D2,11D;3D3,5D2,6D,9D,11D;3D3,5D2,6D,7D2,11D;5D2,6D,7D2,11D;3D3,5D2,6D,9D;3D3,5D2,6D,7D2;5D2,6D,7D2. The summed E-state index contributed by atoms with van der Waals surface area (Å²) in [6.07, 6.45) is -37.8. The first-order valence-corrected chi connectivity index (χ1v) is 44.5. The lowest BCUT2D eigenvalue weighted by atomic mass is 9.89. The van der Waals surface area contributed by atoms with E-state index in [1.165, 1.54) is 97.0 Å². The molecule has 0 N–H and O–H groups in total. The predicted molar refractivity (Wildman–Crippen MR) is 539 cm³/mol. The van der Waals surface area contributed by atoms with Crippen LogP contribution in [0.2, 0.25) is 0 Å². The van der Waals surface area contributed by atoms with Crippen LogP contribution in [0.3, 0.4) is 0 Å². The van der Waals surface area contributed by atoms with Crippen LogP contribution in [0.4, 0.5) is 0 Å². The highest BCUT2D eigenvalue weighted by Crippen LogP contribution is 2.37. The molecule has 0 aromatic carbocycles. The molecule has 0 radical (unpaired) electrons. The smallest absolute Gasteiger partial charge is 0.309 e. The molecule has 9 aliphatic rings. The number of imidazole rings is 9. The van der Waals surface area contributed by atoms with Crippen LogP contribution in [0.15, 0.2) is 55.6 Å². The maximum atomic E-state index is 12.2. The molecule has 9 aliphatic heterocycles. The third-order valence-corrected chi connectivity index (χ3v) is 22.6. The summed E-state index contributed by atoms with van der Waals surface area (Å²) >= 11 is 0. The Kier molecular flexibility index (Phi) is 18.5. The van der Waals surface area contributed by atoms with Crippen molar-refractivity contribution in [3.05, 3.63) is 159 Å². The number of esters is 9. The summed E-state index contributed by atoms with van der Waals surface area (Å²) in [5, 5.41) is 0. The normalized spacial score (nSPS) is 40.6. The third kappa shape index (κ3) is 28.5. The second-order valence-electron chi connectivity index (χ2n) is 31.6. The number of hydrogen-bond donors (Lipinski definition) is 0. The van der Waals surface area contributed by atoms with Crippen LogP contribution in [-0.4, -0.2) is 199 Å². The second-order valence-corrected chi connectivity index (χ2v) is 31.6. The average molecular weight is 2070 g/mol. The minimum Gasteiger partial charge on any atom is -0.465 e. The highest BCUT2D eigenvalue weighted by atomic mass is 16.6. The number of carbonyl (C=O) groups excluding carboxylic acids is 9. The first-order chi connectivity index (χ1) is 96.2. The number of carbonyl (C=O) groups is 9. The molecule has 18 heterocycles. The van der Waals surface area contributed by atoms with Gasteiger partial charge < -0.3 is 83.7 Å². The largest absolute Gasteiger partial charge is 0.465 e. The Bertz CT molecular complexity index is 9460. The fourth-order valence-electron chi connectivity index (χ4n) is 13.6. The van der Waals surface area contributed by atoms with Gasteiger partial charge in [0.05, 0.1) is 141 Å². The highest BCUT2D eigenvalue weighted by Gasteiger charge is 2.44. The molecule has 0 amide bonds. The fraction of sp³-hybridized carbons (Fsp3) is 0.667. The van der Waals surface area contributed by atoms with E-state index >= 15 is 0 Å². The minimum absolute atomic E-state index is 0.0365. The lowest BCUT2D eigenvalue weighted by molar-refractivity contribution is -0.142. The number of cyclic esters (lactones) is 9. The van der Waals surface area contributed by atoms with Crippen molar-refractivity contribution in [2.24, 2.45) is 169 Å². The molecule has 792 valence electrons. The molecule has 0 unspecified atom stereocenters. The molecule has 144 heavy (non-hydrogen) atoms. The van der Waals surface area contributed by atoms with Crippen LogP contribution in [0.25, 0.3) is 0 Å². The molecule has 18 rings (SSSR count). The van der Waals surface area contributed by atoms with Gasteiger partial charge in [0.2, 0.25) is 0 Å². The Balaban J connectivity index is 0.000000240. The molecule has 36 nitrogen and oxygen atoms in total. The van der Waals surface area contributed by atoms with Crippen LogP contribution in [0.5, 0.6) is 0 Å². The Morgan fingerprint density at radius 2 is 0.451 bits per heavy atom. The van der Waals surface area contributed by atoms with Gasteiger partial charge in [0, 0.05) is 293 Å². The third-order valence-electron chi connectivity index (χ3n) is 22.6. The van der Waals surface area contributed by atoms with Crippen LogP contribution >= 0.6 is 0 Å². The second kappa shape index (κ2) is 53.3. The van der Waals surface area contributed by atoms with Crippen molar-refractivity contribution in [3.8, 4) is 0 Å². The lowest BCUT2D eigenvalue weighted by Crippen LogP contribution is -2.18. The van der Waals surface area contributed by atoms with Gasteiger partial charge in [-0.1, -0.05) is 62.3 Å². The van der Waals surface area contributed by atoms with E-state index in [4.69, 9.17) is 113 Å². The zero-order chi connectivity index (χ0) is 169. The van der Waals surface area contributed by atoms with E-state index in [1.807, 2.05) is 0 Å². The Hall–Kier alpha value is -11.9. The zero-order valence-electron chi connectivity index (χ0n) is 154. The van der Waals surface area contributed by atoms with Gasteiger partial charge in [-0.25, -0.2) is 44.9 Å². The maximum Gasteiger partial charge on any atom is 0.309 e. The molecular formula is C108H162N18O18. The molecule has 0 saturated carbocycles. The van der Waals surface area contributed by atoms with Crippen molar-refractivity contribution in [3.63, 3.8) is 0 Å². The van der Waals surface area contributed by atoms with Gasteiger partial charge >= 0.3 is 53.7 Å². The van der Waals surface area contributed by atoms with E-state index in [0.29, 0.717) is 44.9 Å². The van der Waals surface area contributed by atoms with Gasteiger partial charge in [-0.05, 0) is 177 Å². The molecule has 9 aromatic rings. The number of hydrogen-bond acceptors (Lipinski definition) is 27. The van der Waals surface area contributed by atoms with E-state index in [9.17, 15) is 43.2 Å². The monoisotopic (exact) mass is 2070 g/mol. The quantitative estimate of drug-likeness (QED) is 0.0341. The van der Waals surface area contributed by atoms with E-state index in [1.54, 1.807) is 41.7 Å². The van der Waals surface area contributed by atoms with Crippen molar-refractivity contribution in [2.45, 2.75) is 240 Å². The number of rotatable bonds is 27. The highest BCUT2D eigenvalue weighted by molar-refractivity contribution is 5.78. The van der Waals surface area contributed by atoms with Crippen molar-refractivity contribution in [2.75, 3.05) is 59.2 Å². The van der Waals surface area contributed by atoms with Gasteiger partial charge in [0.1, 0.15) is 52.4 Å². The Morgan fingerprint density at radius 3 is 0.715 bits per heavy atom. The SMILES string of the molecule is [2H]c1nc(C)n(C([2H])([2H])[2H])c1C([2H])([2H])[C@@H]1[C@H](CC)C(=O)OC1([2H])[2H].[2H]c1nc(C)n(C([2H])([2H])[2H])c1C([2H])([2H])[C@@]1([2H])COC(=O)[C@@]1([2H])C([2H])([2H])C.[2H]c1nc(C)n(C([2H])([2H])[2H])c1C([2H])([2H])[C@@]1([2H])COC(=O)[C@@]1([2H])CC.[2H]c1nc(C)n(C([2H])([2H])[2H])c1C([2H])([2H])[C@@]1([2H])COC(=O)[C@H]1CC.[2H]c1nc(C)n(C([2H])([2H])[2H])c1C([2H])([2H])[C@H]1C([2H])([2H])OC(=O)[C@@]1([2H])C([2H])([2H])C.[2H]c1nc(C)n(C([2H])([2H])[2H])c1C([2H])([2H])[C@H]1C([2H])([2H])OC(=O)[C@@]1([2H])CC.[2H]c1nc(C)n(C)c1C([2H])([2H])[C@@H]1[C@H](CC)C(=O)OC1([2H])[2H].[2H]c1nc(C)n(C)c1C([2H])([2H])[C@H]1C([2H])([2H])OC(=O)[C@@]1([2H])C([2H])([2H])C.[2H]c1nc(C)n(C)c1C([2H])([2H])[C@H]1C([2H])([2H])OC(=O)[C@@]1([2H])CC. The van der Waals surface area contributed by atoms with Crippen LogP contribution in [-0.2, 0) is 206 Å². The molecule has 9 fully saturated rings. The first-order valence-electron chi connectivity index (χ1n) is 80.5. The number of ether oxygens (including phenoxy) is 9. The van der Waals surface area contributed by atoms with Crippen molar-refractivity contribution >= 4 is 53.7 Å². The lowest BCUT2D eigenvalue weighted by Gasteiger charge is -2.13. The molecule has 9 saturated heterocycles. The summed E-state index contributed by atoms with van der Waals surface area (Å²) < 4.78 is 623. The van der Waals surface area contributed by atoms with Crippen LogP contribution in [0, 0.1) is 169 Å². The van der Waals surface area contributed by atoms with E-state index in [-0.39, 0.29) is 103 Å². The van der Waals surface area contributed by atoms with Crippen molar-refractivity contribution in [1.29, 1.82) is 0 Å². The number of aryl methyl sites for hydroxylation is 9. The van der Waals surface area contributed by atoms with Gasteiger partial charge in [-0.15, -0.1) is 0 Å². The van der Waals surface area contributed by atoms with Crippen molar-refractivity contribution in [1.82, 2.24) is 86.0 Å². The average Bonchev–Trinajstić information content (AvgIpc) is 1.50. The summed E-state index contributed by atoms with van der Waals surface area (Å²) in [6.45, 7) is -11.6. The summed E-state index contributed by atoms with van der Waals surface area (Å²) in [5.74, 6) is -46.7. The number of nitrogens with zero attached hydrogens (tertiary/aromatic N) is 18. The summed E-state index contributed by atoms with van der Waals surface area (Å²) in [5.41, 5.74) is -4.72. The molecule has 0 spiro atoms. The Morgan fingerprint density at radius 1 is 0.257 bits per heavy atom. The van der Waals surface area contributed by atoms with E-state index < -0.39 is 415 Å². The maximum absolute atomic E-state index is 12.2. The summed E-state index contributed by atoms with van der Waals surface area (Å²) in [4.78, 5) is 141. The molecule has 36 heteroatoms. The van der Waals surface area contributed by atoms with Crippen LogP contribution < -0.4 is 0 Å². The fourth-order valence-corrected chi connectivity index (χ4v) is 13.6. The molecule has 0 bridgehead atoms. The van der Waals surface area contributed by atoms with Crippen molar-refractivity contribution < 1.29 is 184 Å². The van der Waals surface area contributed by atoms with Crippen LogP contribution in [0.1, 0.15) is 322 Å². The minimum atomic E-state index is -3.16. The van der Waals surface area contributed by atoms with Gasteiger partial charge in [-0.3, -0.25) is 43.2 Å². The summed E-state index contributed by atoms with van der Waals surface area (Å²) in [7, 11) is 4.51. The summed E-state index contributed by atoms with van der Waals surface area (Å²) in [6, 6.07) is 0. The molecular weight excluding hydrogens is 1840 g/mol. The molecule has 9 aromatic heterocycles. The zero-order valence-corrected chi connectivity index (χ0v) is 82.5. The molecule has 0 aliphatic carbocycles. The Labute approximate surface area is 951 Å². The number of aromatic nitrogens is 18. The van der Waals surface area contributed by atoms with E-state index in [0.717, 1.165) is 20.8 Å². The molecule has 18 atom stereocenters. The van der Waals surface area contributed by atoms with Gasteiger partial charge in [0.15, 0.2) is 0 Å². The van der Waals surface area contributed by atoms with Gasteiger partial charge in [-0.2, -0.15) is 0 Å². The van der Waals surface area contributed by atoms with E-state index in [2.05, 4.69) is 73.3 Å². The predicted octanol–water partition coefficient (Wildman–Crippen LogP) is 13.2. The van der Waals surface area contributed by atoms with Gasteiger partial charge in [0.25, 0.3) is 0 Å². The first kappa shape index (κ1) is 50.0. The topological polar surface area (TPSA) is 397 Å².